The van der Waals surface area contributed by atoms with Gasteiger partial charge in [-0.1, -0.05) is 70.1 Å². The number of hydrogen-bond donors (Lipinski definition) is 1. The molecule has 0 aliphatic heterocycles. The van der Waals surface area contributed by atoms with E-state index < -0.39 is 11.9 Å². The third kappa shape index (κ3) is 7.67. The van der Waals surface area contributed by atoms with Crippen molar-refractivity contribution in [2.24, 2.45) is 0 Å². The minimum absolute atomic E-state index is 0.125. The Morgan fingerprint density at radius 3 is 1.44 bits per heavy atom. The quantitative estimate of drug-likeness (QED) is 0.130. The third-order valence-electron chi connectivity index (χ3n) is 8.51. The van der Waals surface area contributed by atoms with Crippen LogP contribution in [0.3, 0.4) is 0 Å². The maximum absolute atomic E-state index is 12.4. The molecular weight excluding hydrogens is 816 g/mol. The summed E-state index contributed by atoms with van der Waals surface area (Å²) in [4.78, 5) is 42.7. The first kappa shape index (κ1) is 39.1. The molecule has 0 fully saturated rings. The highest BCUT2D eigenvalue weighted by Crippen LogP contribution is 2.38. The second kappa shape index (κ2) is 16.5. The molecule has 0 aliphatic carbocycles. The summed E-state index contributed by atoms with van der Waals surface area (Å²) in [6.07, 6.45) is 3.24. The van der Waals surface area contributed by atoms with Gasteiger partial charge in [0, 0.05) is 45.4 Å². The van der Waals surface area contributed by atoms with E-state index in [1.54, 1.807) is 105 Å². The number of aromatic carboxylic acids is 1. The minimum Gasteiger partial charge on any atom is -0.493 e. The molecule has 0 spiro atoms. The maximum Gasteiger partial charge on any atom is 0.350 e. The summed E-state index contributed by atoms with van der Waals surface area (Å²) >= 11 is 14.5. The van der Waals surface area contributed by atoms with Gasteiger partial charge in [-0.3, -0.25) is 9.13 Å². The number of carbonyl (C=O) groups excluding carboxylic acids is 1. The molecule has 0 aliphatic rings. The van der Waals surface area contributed by atoms with E-state index in [2.05, 4.69) is 15.0 Å². The second-order valence-electron chi connectivity index (χ2n) is 11.8. The standard InChI is InChI=1S/C20H16ClN3O4S.C19H14ClN3O4S/c1-26-15-8-13-14(9-16(15)27-2)24(10-22-13)20-23-17(18(29-20)19(25)28-3)11-5-4-6-12(21)7-11;1-26-14-7-12-13(8-15(14)27-2)23(9-21-12)19-22-16(17(28-19)18(24)25)10-4-3-5-11(20)6-10/h4-10H,1-3H3;3-9H,1-2H3,(H,24,25). The number of ether oxygens (including phenoxy) is 5. The van der Waals surface area contributed by atoms with Crippen molar-refractivity contribution in [1.29, 1.82) is 0 Å². The first-order chi connectivity index (χ1) is 27.6. The van der Waals surface area contributed by atoms with Crippen LogP contribution in [0, 0.1) is 0 Å². The highest BCUT2D eigenvalue weighted by molar-refractivity contribution is 7.16. The van der Waals surface area contributed by atoms with Gasteiger partial charge in [-0.05, 0) is 24.3 Å². The van der Waals surface area contributed by atoms with E-state index in [0.29, 0.717) is 76.2 Å². The first-order valence-corrected chi connectivity index (χ1v) is 19.0. The van der Waals surface area contributed by atoms with Crippen molar-refractivity contribution in [2.45, 2.75) is 0 Å². The molecule has 1 N–H and O–H groups in total. The molecule has 8 aromatic rings. The average Bonchev–Trinajstić information content (AvgIpc) is 4.04. The van der Waals surface area contributed by atoms with Crippen LogP contribution in [0.2, 0.25) is 10.0 Å². The van der Waals surface area contributed by atoms with Crippen LogP contribution in [-0.4, -0.2) is 81.7 Å². The number of thiazole rings is 2. The largest absolute Gasteiger partial charge is 0.493 e. The number of fused-ring (bicyclic) bond motifs is 2. The lowest BCUT2D eigenvalue weighted by molar-refractivity contribution is 0.0606. The Kier molecular flexibility index (Phi) is 11.3. The topological polar surface area (TPSA) is 162 Å². The number of halogens is 2. The summed E-state index contributed by atoms with van der Waals surface area (Å²) in [6, 6.07) is 21.3. The van der Waals surface area contributed by atoms with Gasteiger partial charge in [-0.25, -0.2) is 29.5 Å². The molecule has 14 nitrogen and oxygen atoms in total. The van der Waals surface area contributed by atoms with Crippen LogP contribution in [0.5, 0.6) is 23.0 Å². The number of carboxylic acids is 1. The Labute approximate surface area is 342 Å². The van der Waals surface area contributed by atoms with Crippen molar-refractivity contribution in [3.8, 4) is 55.8 Å². The minimum atomic E-state index is -1.05. The van der Waals surface area contributed by atoms with E-state index in [1.165, 1.54) is 18.4 Å². The lowest BCUT2D eigenvalue weighted by Gasteiger charge is -2.07. The van der Waals surface area contributed by atoms with Gasteiger partial charge in [0.2, 0.25) is 0 Å². The number of methoxy groups -OCH3 is 5. The van der Waals surface area contributed by atoms with E-state index >= 15 is 0 Å². The zero-order valence-electron chi connectivity index (χ0n) is 30.6. The summed E-state index contributed by atoms with van der Waals surface area (Å²) in [5, 5.41) is 11.7. The fourth-order valence-corrected chi connectivity index (χ4v) is 8.12. The van der Waals surface area contributed by atoms with Gasteiger partial charge in [0.25, 0.3) is 0 Å². The van der Waals surface area contributed by atoms with Gasteiger partial charge in [-0.15, -0.1) is 0 Å². The van der Waals surface area contributed by atoms with Gasteiger partial charge >= 0.3 is 11.9 Å². The number of carbonyl (C=O) groups is 2. The highest BCUT2D eigenvalue weighted by Gasteiger charge is 2.24. The molecule has 0 unspecified atom stereocenters. The SMILES string of the molecule is COC(=O)c1sc(-n2cnc3cc(OC)c(OC)cc32)nc1-c1cccc(Cl)c1.COc1cc2ncn(-c3nc(-c4cccc(Cl)c4)c(C(=O)O)s3)c2cc1OC. The fourth-order valence-electron chi connectivity index (χ4n) is 5.84. The van der Waals surface area contributed by atoms with Crippen molar-refractivity contribution in [2.75, 3.05) is 35.5 Å². The Morgan fingerprint density at radius 2 is 1.04 bits per heavy atom. The predicted molar refractivity (Wildman–Crippen MR) is 219 cm³/mol. The smallest absolute Gasteiger partial charge is 0.350 e. The zero-order valence-corrected chi connectivity index (χ0v) is 33.8. The molecule has 57 heavy (non-hydrogen) atoms. The van der Waals surface area contributed by atoms with Crippen LogP contribution in [0.25, 0.3) is 54.8 Å². The lowest BCUT2D eigenvalue weighted by Crippen LogP contribution is -2.00. The second-order valence-corrected chi connectivity index (χ2v) is 14.6. The molecule has 290 valence electrons. The molecule has 0 atom stereocenters. The van der Waals surface area contributed by atoms with E-state index in [0.717, 1.165) is 27.9 Å². The summed E-state index contributed by atoms with van der Waals surface area (Å²) in [5.74, 6) is 0.739. The molecule has 4 heterocycles. The van der Waals surface area contributed by atoms with E-state index in [1.807, 2.05) is 18.2 Å². The normalized spacial score (nSPS) is 10.9. The Balaban J connectivity index is 0.000000174. The molecule has 0 radical (unpaired) electrons. The van der Waals surface area contributed by atoms with Crippen LogP contribution in [0.1, 0.15) is 19.3 Å². The highest BCUT2D eigenvalue weighted by atomic mass is 35.5. The summed E-state index contributed by atoms with van der Waals surface area (Å²) in [5.41, 5.74) is 5.10. The average molecular weight is 846 g/mol. The van der Waals surface area contributed by atoms with Gasteiger partial charge in [0.15, 0.2) is 33.3 Å². The van der Waals surface area contributed by atoms with E-state index in [-0.39, 0.29) is 4.88 Å². The van der Waals surface area contributed by atoms with Crippen LogP contribution in [0.4, 0.5) is 0 Å². The lowest BCUT2D eigenvalue weighted by atomic mass is 10.1. The number of esters is 1. The Morgan fingerprint density at radius 1 is 0.614 bits per heavy atom. The molecule has 4 aromatic heterocycles. The molecule has 18 heteroatoms. The molecule has 0 saturated heterocycles. The fraction of sp³-hybridized carbons (Fsp3) is 0.128. The molecule has 0 amide bonds. The maximum atomic E-state index is 12.4. The number of benzene rings is 4. The summed E-state index contributed by atoms with van der Waals surface area (Å²) in [7, 11) is 7.58. The number of hydrogen-bond acceptors (Lipinski definition) is 13. The van der Waals surface area contributed by atoms with Crippen molar-refractivity contribution >= 4 is 79.9 Å². The first-order valence-electron chi connectivity index (χ1n) is 16.6. The van der Waals surface area contributed by atoms with Gasteiger partial charge in [0.1, 0.15) is 22.4 Å². The number of aromatic nitrogens is 6. The van der Waals surface area contributed by atoms with Crippen molar-refractivity contribution in [3.05, 3.63) is 105 Å². The van der Waals surface area contributed by atoms with E-state index in [9.17, 15) is 14.7 Å². The number of rotatable bonds is 10. The third-order valence-corrected chi connectivity index (χ3v) is 11.1. The number of imidazole rings is 2. The monoisotopic (exact) mass is 844 g/mol. The number of nitrogens with zero attached hydrogens (tertiary/aromatic N) is 6. The van der Waals surface area contributed by atoms with Gasteiger partial charge in [-0.2, -0.15) is 0 Å². The molecule has 8 rings (SSSR count). The van der Waals surface area contributed by atoms with Crippen LogP contribution < -0.4 is 18.9 Å². The molecule has 4 aromatic carbocycles. The van der Waals surface area contributed by atoms with Gasteiger partial charge in [0.05, 0.1) is 69.0 Å². The van der Waals surface area contributed by atoms with Crippen molar-refractivity contribution < 1.29 is 38.4 Å². The van der Waals surface area contributed by atoms with Crippen molar-refractivity contribution in [3.63, 3.8) is 0 Å². The van der Waals surface area contributed by atoms with Crippen LogP contribution >= 0.6 is 45.9 Å². The Bertz CT molecular complexity index is 2800. The van der Waals surface area contributed by atoms with E-state index in [4.69, 9.17) is 51.9 Å². The van der Waals surface area contributed by atoms with Crippen molar-refractivity contribution in [1.82, 2.24) is 29.1 Å². The van der Waals surface area contributed by atoms with Crippen LogP contribution in [-0.2, 0) is 4.74 Å². The predicted octanol–water partition coefficient (Wildman–Crippen LogP) is 9.12. The van der Waals surface area contributed by atoms with Gasteiger partial charge < -0.3 is 28.8 Å². The summed E-state index contributed by atoms with van der Waals surface area (Å²) < 4.78 is 29.9. The molecule has 0 saturated carbocycles. The zero-order chi connectivity index (χ0) is 40.4. The number of carboxylic acid groups (broad SMARTS) is 1. The molecule has 0 bridgehead atoms. The summed E-state index contributed by atoms with van der Waals surface area (Å²) in [6.45, 7) is 0. The van der Waals surface area contributed by atoms with Crippen LogP contribution in [0.15, 0.2) is 85.5 Å². The Hall–Kier alpha value is -6.20. The molecular formula is C39H30Cl2N6O8S2.